The van der Waals surface area contributed by atoms with Gasteiger partial charge in [-0.05, 0) is 23.6 Å². The van der Waals surface area contributed by atoms with Gasteiger partial charge >= 0.3 is 0 Å². The zero-order chi connectivity index (χ0) is 14.1. The molecule has 1 aromatic carbocycles. The molecule has 0 fully saturated rings. The van der Waals surface area contributed by atoms with E-state index >= 15 is 0 Å². The van der Waals surface area contributed by atoms with Gasteiger partial charge < -0.3 is 0 Å². The van der Waals surface area contributed by atoms with Gasteiger partial charge in [0.1, 0.15) is 4.21 Å². The van der Waals surface area contributed by atoms with Gasteiger partial charge in [-0.1, -0.05) is 24.3 Å². The third-order valence-corrected chi connectivity index (χ3v) is 7.30. The molecule has 0 amide bonds. The zero-order valence-corrected chi connectivity index (χ0v) is 11.8. The predicted octanol–water partition coefficient (Wildman–Crippen LogP) is 1.52. The number of thiophene rings is 1. The second kappa shape index (κ2) is 5.02. The molecule has 1 heterocycles. The van der Waals surface area contributed by atoms with Crippen LogP contribution >= 0.6 is 11.3 Å². The van der Waals surface area contributed by atoms with Gasteiger partial charge in [-0.15, -0.1) is 11.3 Å². The first-order chi connectivity index (χ1) is 8.87. The van der Waals surface area contributed by atoms with Crippen molar-refractivity contribution in [1.82, 2.24) is 3.87 Å². The Hall–Kier alpha value is -1.26. The van der Waals surface area contributed by atoms with Crippen LogP contribution in [0.4, 0.5) is 0 Å². The third kappa shape index (κ3) is 2.55. The lowest BCUT2D eigenvalue weighted by Crippen LogP contribution is -2.33. The fourth-order valence-corrected chi connectivity index (χ4v) is 5.37. The molecule has 0 saturated heterocycles. The van der Waals surface area contributed by atoms with Gasteiger partial charge in [-0.2, -0.15) is 0 Å². The van der Waals surface area contributed by atoms with Gasteiger partial charge in [0.25, 0.3) is 20.0 Å². The molecule has 0 atom stereocenters. The second-order valence-electron chi connectivity index (χ2n) is 3.43. The maximum absolute atomic E-state index is 12.0. The molecule has 102 valence electrons. The molecule has 0 radical (unpaired) electrons. The fraction of sp³-hybridized carbons (Fsp3) is 0. The summed E-state index contributed by atoms with van der Waals surface area (Å²) < 4.78 is 46.9. The van der Waals surface area contributed by atoms with Crippen LogP contribution in [0.15, 0.2) is 56.9 Å². The Morgan fingerprint density at radius 1 is 0.895 bits per heavy atom. The lowest BCUT2D eigenvalue weighted by molar-refractivity contribution is 0.0946. The number of hydrogen-bond acceptors (Lipinski definition) is 6. The Labute approximate surface area is 114 Å². The number of sulfonamides is 2. The lowest BCUT2D eigenvalue weighted by Gasteiger charge is -2.14. The molecular formula is C10H9NO5S3. The molecule has 1 N–H and O–H groups in total. The fourth-order valence-electron chi connectivity index (χ4n) is 1.30. The molecule has 0 bridgehead atoms. The Morgan fingerprint density at radius 2 is 1.53 bits per heavy atom. The summed E-state index contributed by atoms with van der Waals surface area (Å²) >= 11 is 0.815. The normalized spacial score (nSPS) is 12.7. The average molecular weight is 319 g/mol. The molecule has 0 aliphatic heterocycles. The minimum absolute atomic E-state index is 0.255. The van der Waals surface area contributed by atoms with Gasteiger partial charge in [0.05, 0.1) is 4.90 Å². The maximum Gasteiger partial charge on any atom is 0.288 e. The summed E-state index contributed by atoms with van der Waals surface area (Å²) in [6.07, 6.45) is 0. The first-order valence-corrected chi connectivity index (χ1v) is 8.71. The van der Waals surface area contributed by atoms with Gasteiger partial charge in [0.15, 0.2) is 0 Å². The van der Waals surface area contributed by atoms with E-state index in [9.17, 15) is 22.0 Å². The van der Waals surface area contributed by atoms with Crippen molar-refractivity contribution < 1.29 is 22.0 Å². The highest BCUT2D eigenvalue weighted by molar-refractivity contribution is 8.04. The Bertz CT molecular complexity index is 751. The smallest absolute Gasteiger partial charge is 0.285 e. The molecule has 9 heteroatoms. The quantitative estimate of drug-likeness (QED) is 0.863. The molecular weight excluding hydrogens is 310 g/mol. The van der Waals surface area contributed by atoms with Crippen LogP contribution in [0, 0.1) is 0 Å². The van der Waals surface area contributed by atoms with Crippen molar-refractivity contribution in [2.75, 3.05) is 0 Å². The lowest BCUT2D eigenvalue weighted by atomic mass is 10.4. The molecule has 0 aliphatic rings. The van der Waals surface area contributed by atoms with Crippen LogP contribution in [0.5, 0.6) is 0 Å². The van der Waals surface area contributed by atoms with Crippen LogP contribution in [-0.4, -0.2) is 25.9 Å². The van der Waals surface area contributed by atoms with E-state index in [-0.39, 0.29) is 9.10 Å². The summed E-state index contributed by atoms with van der Waals surface area (Å²) in [7, 11) is -9.00. The number of hydrogen-bond donors (Lipinski definition) is 1. The van der Waals surface area contributed by atoms with Crippen LogP contribution in [0.3, 0.4) is 0 Å². The van der Waals surface area contributed by atoms with E-state index in [4.69, 9.17) is 0 Å². The number of nitrogens with zero attached hydrogens (tertiary/aromatic N) is 1. The van der Waals surface area contributed by atoms with Crippen LogP contribution in [-0.2, 0) is 20.0 Å². The summed E-state index contributed by atoms with van der Waals surface area (Å²) in [5, 5.41) is 11.1. The van der Waals surface area contributed by atoms with Gasteiger partial charge in [-0.25, -0.2) is 16.8 Å². The van der Waals surface area contributed by atoms with Crippen LogP contribution in [0.2, 0.25) is 0 Å². The molecule has 19 heavy (non-hydrogen) atoms. The van der Waals surface area contributed by atoms with E-state index in [1.165, 1.54) is 41.8 Å². The van der Waals surface area contributed by atoms with Gasteiger partial charge in [0.2, 0.25) is 0 Å². The van der Waals surface area contributed by atoms with Crippen molar-refractivity contribution in [2.45, 2.75) is 9.10 Å². The van der Waals surface area contributed by atoms with Crippen molar-refractivity contribution >= 4 is 31.4 Å². The summed E-state index contributed by atoms with van der Waals surface area (Å²) in [5.41, 5.74) is 0. The monoisotopic (exact) mass is 319 g/mol. The Morgan fingerprint density at radius 3 is 2.05 bits per heavy atom. The first kappa shape index (κ1) is 14.2. The van der Waals surface area contributed by atoms with E-state index in [0.29, 0.717) is 0 Å². The topological polar surface area (TPSA) is 91.8 Å². The van der Waals surface area contributed by atoms with E-state index in [2.05, 4.69) is 0 Å². The molecule has 6 nitrogen and oxygen atoms in total. The summed E-state index contributed by atoms with van der Waals surface area (Å²) in [5.74, 6) is 0. The minimum Gasteiger partial charge on any atom is -0.285 e. The Balaban J connectivity index is 2.49. The summed E-state index contributed by atoms with van der Waals surface area (Å²) in [6.45, 7) is 0. The van der Waals surface area contributed by atoms with E-state index in [1.54, 1.807) is 6.07 Å². The SMILES string of the molecule is O=S(=O)(c1ccccc1)N(O)S(=O)(=O)c1cccs1. The second-order valence-corrected chi connectivity index (χ2v) is 8.37. The average Bonchev–Trinajstić information content (AvgIpc) is 2.93. The van der Waals surface area contributed by atoms with Crippen molar-refractivity contribution in [3.8, 4) is 0 Å². The van der Waals surface area contributed by atoms with Gasteiger partial charge in [0, 0.05) is 3.87 Å². The molecule has 0 unspecified atom stereocenters. The zero-order valence-electron chi connectivity index (χ0n) is 9.37. The van der Waals surface area contributed by atoms with Crippen LogP contribution in [0.25, 0.3) is 0 Å². The molecule has 1 aromatic heterocycles. The molecule has 0 aliphatic carbocycles. The maximum atomic E-state index is 12.0. The highest BCUT2D eigenvalue weighted by Crippen LogP contribution is 2.24. The third-order valence-electron chi connectivity index (χ3n) is 2.20. The number of rotatable bonds is 4. The van der Waals surface area contributed by atoms with Crippen LogP contribution < -0.4 is 0 Å². The molecule has 0 saturated carbocycles. The van der Waals surface area contributed by atoms with E-state index in [0.717, 1.165) is 11.3 Å². The highest BCUT2D eigenvalue weighted by Gasteiger charge is 2.36. The van der Waals surface area contributed by atoms with Crippen molar-refractivity contribution in [2.24, 2.45) is 0 Å². The molecule has 0 spiro atoms. The first-order valence-electron chi connectivity index (χ1n) is 4.95. The van der Waals surface area contributed by atoms with Gasteiger partial charge in [-0.3, -0.25) is 5.21 Å². The highest BCUT2D eigenvalue weighted by atomic mass is 32.3. The largest absolute Gasteiger partial charge is 0.288 e. The minimum atomic E-state index is -4.52. The van der Waals surface area contributed by atoms with Crippen molar-refractivity contribution in [3.63, 3.8) is 0 Å². The summed E-state index contributed by atoms with van der Waals surface area (Å²) in [4.78, 5) is -0.308. The molecule has 2 rings (SSSR count). The Kier molecular flexibility index (Phi) is 3.74. The van der Waals surface area contributed by atoms with Crippen molar-refractivity contribution in [1.29, 1.82) is 0 Å². The molecule has 2 aromatic rings. The van der Waals surface area contributed by atoms with Crippen molar-refractivity contribution in [3.05, 3.63) is 47.8 Å². The van der Waals surface area contributed by atoms with Crippen LogP contribution in [0.1, 0.15) is 0 Å². The predicted molar refractivity (Wildman–Crippen MR) is 68.8 cm³/mol. The number of benzene rings is 1. The van der Waals surface area contributed by atoms with E-state index < -0.39 is 23.9 Å². The standard InChI is InChI=1S/C10H9NO5S3/c12-11(19(15,16)10-7-4-8-17-10)18(13,14)9-5-2-1-3-6-9/h1-8,12H. The van der Waals surface area contributed by atoms with E-state index in [1.807, 2.05) is 0 Å². The summed E-state index contributed by atoms with van der Waals surface area (Å²) in [6, 6.07) is 9.49.